The summed E-state index contributed by atoms with van der Waals surface area (Å²) in [7, 11) is 0. The Balaban J connectivity index is 1.54. The Morgan fingerprint density at radius 2 is 1.74 bits per heavy atom. The van der Waals surface area contributed by atoms with Gasteiger partial charge in [0.25, 0.3) is 5.56 Å². The van der Waals surface area contributed by atoms with Crippen LogP contribution in [0.4, 0.5) is 10.2 Å². The lowest BCUT2D eigenvalue weighted by Gasteiger charge is -2.35. The summed E-state index contributed by atoms with van der Waals surface area (Å²) < 4.78 is 17.2. The van der Waals surface area contributed by atoms with Crippen molar-refractivity contribution in [3.63, 3.8) is 0 Å². The minimum atomic E-state index is -0.288. The molecule has 3 heterocycles. The first-order chi connectivity index (χ1) is 16.5. The fourth-order valence-corrected chi connectivity index (χ4v) is 5.43. The first-order valence-corrected chi connectivity index (χ1v) is 11.8. The third-order valence-corrected chi connectivity index (χ3v) is 7.25. The molecule has 2 aromatic heterocycles. The number of halogens is 1. The summed E-state index contributed by atoms with van der Waals surface area (Å²) in [4.78, 5) is 12.8. The minimum Gasteiger partial charge on any atom is -0.369 e. The molecule has 4 aromatic rings. The molecule has 6 rings (SSSR count). The average molecular weight is 456 g/mol. The van der Waals surface area contributed by atoms with E-state index in [1.165, 1.54) is 42.5 Å². The summed E-state index contributed by atoms with van der Waals surface area (Å²) in [5.41, 5.74) is 4.78. The molecule has 1 fully saturated rings. The highest BCUT2D eigenvalue weighted by Gasteiger charge is 2.39. The number of rotatable bonds is 3. The molecule has 2 aliphatic rings. The van der Waals surface area contributed by atoms with Crippen LogP contribution in [0.2, 0.25) is 0 Å². The van der Waals surface area contributed by atoms with Gasteiger partial charge in [-0.05, 0) is 61.7 Å². The molecule has 34 heavy (non-hydrogen) atoms. The second kappa shape index (κ2) is 7.94. The Labute approximate surface area is 197 Å². The third kappa shape index (κ3) is 3.43. The molecule has 0 saturated heterocycles. The number of para-hydroxylation sites is 1. The average Bonchev–Trinajstić information content (AvgIpc) is 3.45. The Hall–Kier alpha value is -3.74. The first-order valence-electron chi connectivity index (χ1n) is 11.8. The number of benzene rings is 2. The SMILES string of the molecule is Cc1ccccc1-n1nc(-c2c(-c3ccc(F)cc3)nn3c2NCC2(CCCC2)C3)ccc1=O. The Morgan fingerprint density at radius 1 is 0.971 bits per heavy atom. The van der Waals surface area contributed by atoms with Crippen molar-refractivity contribution in [2.45, 2.75) is 39.2 Å². The van der Waals surface area contributed by atoms with Crippen LogP contribution < -0.4 is 10.9 Å². The van der Waals surface area contributed by atoms with Crippen LogP contribution >= 0.6 is 0 Å². The molecular weight excluding hydrogens is 429 g/mol. The topological polar surface area (TPSA) is 64.7 Å². The van der Waals surface area contributed by atoms with Crippen LogP contribution in [0.5, 0.6) is 0 Å². The van der Waals surface area contributed by atoms with Gasteiger partial charge in [-0.25, -0.2) is 9.07 Å². The number of anilines is 1. The van der Waals surface area contributed by atoms with Gasteiger partial charge in [0.1, 0.15) is 17.3 Å². The number of aromatic nitrogens is 4. The van der Waals surface area contributed by atoms with Gasteiger partial charge in [0.05, 0.1) is 23.5 Å². The summed E-state index contributed by atoms with van der Waals surface area (Å²) >= 11 is 0. The van der Waals surface area contributed by atoms with Gasteiger partial charge in [0.15, 0.2) is 0 Å². The van der Waals surface area contributed by atoms with Crippen molar-refractivity contribution in [3.8, 4) is 28.2 Å². The van der Waals surface area contributed by atoms with E-state index in [1.54, 1.807) is 24.3 Å². The van der Waals surface area contributed by atoms with Crippen LogP contribution in [0.3, 0.4) is 0 Å². The summed E-state index contributed by atoms with van der Waals surface area (Å²) in [5, 5.41) is 13.4. The number of aryl methyl sites for hydroxylation is 1. The number of nitrogens with zero attached hydrogens (tertiary/aromatic N) is 4. The molecule has 1 N–H and O–H groups in total. The van der Waals surface area contributed by atoms with Gasteiger partial charge < -0.3 is 5.32 Å². The maximum absolute atomic E-state index is 13.7. The molecule has 1 spiro atoms. The standard InChI is InChI=1S/C27H26FN5O/c1-18-6-2-3-7-22(18)33-23(34)13-12-21(30-33)24-25(19-8-10-20(28)11-9-19)31-32-17-27(14-4-5-15-27)16-29-26(24)32/h2-3,6-13,29H,4-5,14-17H2,1H3. The van der Waals surface area contributed by atoms with Gasteiger partial charge in [0, 0.05) is 23.6 Å². The van der Waals surface area contributed by atoms with Crippen molar-refractivity contribution in [1.82, 2.24) is 19.6 Å². The van der Waals surface area contributed by atoms with E-state index >= 15 is 0 Å². The molecule has 7 heteroatoms. The van der Waals surface area contributed by atoms with Crippen molar-refractivity contribution >= 4 is 5.82 Å². The van der Waals surface area contributed by atoms with Crippen molar-refractivity contribution in [2.24, 2.45) is 5.41 Å². The molecule has 0 amide bonds. The van der Waals surface area contributed by atoms with Gasteiger partial charge in [-0.15, -0.1) is 0 Å². The highest BCUT2D eigenvalue weighted by atomic mass is 19.1. The zero-order chi connectivity index (χ0) is 23.3. The van der Waals surface area contributed by atoms with Crippen LogP contribution in [-0.4, -0.2) is 26.1 Å². The molecule has 1 aliphatic heterocycles. The lowest BCUT2D eigenvalue weighted by atomic mass is 9.85. The predicted molar refractivity (Wildman–Crippen MR) is 131 cm³/mol. The van der Waals surface area contributed by atoms with Crippen molar-refractivity contribution < 1.29 is 4.39 Å². The number of nitrogens with one attached hydrogen (secondary N) is 1. The second-order valence-electron chi connectivity index (χ2n) is 9.55. The summed E-state index contributed by atoms with van der Waals surface area (Å²) in [6.07, 6.45) is 4.88. The summed E-state index contributed by atoms with van der Waals surface area (Å²) in [6.45, 7) is 3.71. The molecule has 0 radical (unpaired) electrons. The normalized spacial score (nSPS) is 16.4. The van der Waals surface area contributed by atoms with Crippen molar-refractivity contribution in [3.05, 3.63) is 82.4 Å². The lowest BCUT2D eigenvalue weighted by Crippen LogP contribution is -2.37. The molecule has 0 bridgehead atoms. The molecular formula is C27H26FN5O. The maximum Gasteiger partial charge on any atom is 0.271 e. The quantitative estimate of drug-likeness (QED) is 0.461. The number of hydrogen-bond acceptors (Lipinski definition) is 4. The van der Waals surface area contributed by atoms with E-state index in [2.05, 4.69) is 5.32 Å². The molecule has 172 valence electrons. The van der Waals surface area contributed by atoms with Crippen LogP contribution in [0, 0.1) is 18.2 Å². The fourth-order valence-electron chi connectivity index (χ4n) is 5.43. The lowest BCUT2D eigenvalue weighted by molar-refractivity contribution is 0.241. The predicted octanol–water partition coefficient (Wildman–Crippen LogP) is 5.20. The fraction of sp³-hybridized carbons (Fsp3) is 0.296. The number of hydrogen-bond donors (Lipinski definition) is 1. The highest BCUT2D eigenvalue weighted by molar-refractivity contribution is 5.87. The monoisotopic (exact) mass is 455 g/mol. The van der Waals surface area contributed by atoms with E-state index in [0.29, 0.717) is 5.69 Å². The first kappa shape index (κ1) is 20.8. The van der Waals surface area contributed by atoms with Gasteiger partial charge in [-0.1, -0.05) is 31.0 Å². The molecule has 2 aromatic carbocycles. The zero-order valence-corrected chi connectivity index (χ0v) is 19.1. The van der Waals surface area contributed by atoms with E-state index < -0.39 is 0 Å². The second-order valence-corrected chi connectivity index (χ2v) is 9.55. The number of fused-ring (bicyclic) bond motifs is 1. The molecule has 0 atom stereocenters. The van der Waals surface area contributed by atoms with Crippen LogP contribution in [0.1, 0.15) is 31.2 Å². The Bertz CT molecular complexity index is 1430. The van der Waals surface area contributed by atoms with Crippen molar-refractivity contribution in [2.75, 3.05) is 11.9 Å². The van der Waals surface area contributed by atoms with E-state index in [4.69, 9.17) is 10.2 Å². The van der Waals surface area contributed by atoms with Gasteiger partial charge in [0.2, 0.25) is 0 Å². The molecule has 0 unspecified atom stereocenters. The van der Waals surface area contributed by atoms with E-state index in [-0.39, 0.29) is 16.8 Å². The van der Waals surface area contributed by atoms with Gasteiger partial charge in [-0.3, -0.25) is 4.79 Å². The molecule has 1 saturated carbocycles. The Kier molecular flexibility index (Phi) is 4.86. The van der Waals surface area contributed by atoms with Crippen molar-refractivity contribution in [1.29, 1.82) is 0 Å². The van der Waals surface area contributed by atoms with Crippen LogP contribution in [0.15, 0.2) is 65.5 Å². The van der Waals surface area contributed by atoms with E-state index in [9.17, 15) is 9.18 Å². The third-order valence-electron chi connectivity index (χ3n) is 7.25. The van der Waals surface area contributed by atoms with Gasteiger partial charge >= 0.3 is 0 Å². The van der Waals surface area contributed by atoms with Crippen LogP contribution in [0.25, 0.3) is 28.2 Å². The maximum atomic E-state index is 13.7. The van der Waals surface area contributed by atoms with E-state index in [0.717, 1.165) is 47.0 Å². The Morgan fingerprint density at radius 3 is 2.50 bits per heavy atom. The van der Waals surface area contributed by atoms with E-state index in [1.807, 2.05) is 35.9 Å². The smallest absolute Gasteiger partial charge is 0.271 e. The highest BCUT2D eigenvalue weighted by Crippen LogP contribution is 2.46. The minimum absolute atomic E-state index is 0.194. The van der Waals surface area contributed by atoms with Gasteiger partial charge in [-0.2, -0.15) is 14.9 Å². The summed E-state index contributed by atoms with van der Waals surface area (Å²) in [5.74, 6) is 0.614. The van der Waals surface area contributed by atoms with Crippen LogP contribution in [-0.2, 0) is 6.54 Å². The largest absolute Gasteiger partial charge is 0.369 e. The molecule has 6 nitrogen and oxygen atoms in total. The molecule has 1 aliphatic carbocycles. The summed E-state index contributed by atoms with van der Waals surface area (Å²) in [6, 6.07) is 17.4. The zero-order valence-electron chi connectivity index (χ0n) is 19.1.